The van der Waals surface area contributed by atoms with Crippen LogP contribution in [0.15, 0.2) is 48.5 Å². The third-order valence-corrected chi connectivity index (χ3v) is 4.19. The highest BCUT2D eigenvalue weighted by Gasteiger charge is 2.11. The summed E-state index contributed by atoms with van der Waals surface area (Å²) in [5.74, 6) is -0.280. The molecule has 3 rings (SSSR count). The Hall–Kier alpha value is -2.56. The molecule has 1 saturated heterocycles. The predicted molar refractivity (Wildman–Crippen MR) is 94.8 cm³/mol. The molecule has 4 nitrogen and oxygen atoms in total. The lowest BCUT2D eigenvalue weighted by molar-refractivity contribution is 0.251. The zero-order chi connectivity index (χ0) is 16.8. The van der Waals surface area contributed by atoms with E-state index in [2.05, 4.69) is 21.6 Å². The number of anilines is 2. The van der Waals surface area contributed by atoms with Gasteiger partial charge in [0.05, 0.1) is 0 Å². The van der Waals surface area contributed by atoms with E-state index in [4.69, 9.17) is 0 Å². The maximum Gasteiger partial charge on any atom is 0.319 e. The molecule has 0 bridgehead atoms. The van der Waals surface area contributed by atoms with Gasteiger partial charge < -0.3 is 15.5 Å². The quantitative estimate of drug-likeness (QED) is 0.886. The Bertz CT molecular complexity index is 681. The van der Waals surface area contributed by atoms with Crippen LogP contribution < -0.4 is 15.5 Å². The molecule has 2 aromatic rings. The molecule has 2 aromatic carbocycles. The molecule has 0 unspecified atom stereocenters. The fourth-order valence-corrected chi connectivity index (χ4v) is 2.89. The van der Waals surface area contributed by atoms with Crippen molar-refractivity contribution in [3.63, 3.8) is 0 Å². The highest BCUT2D eigenvalue weighted by Crippen LogP contribution is 2.22. The summed E-state index contributed by atoms with van der Waals surface area (Å²) in [4.78, 5) is 14.4. The van der Waals surface area contributed by atoms with Crippen molar-refractivity contribution in [2.75, 3.05) is 23.3 Å². The van der Waals surface area contributed by atoms with E-state index in [9.17, 15) is 9.18 Å². The number of halogens is 1. The van der Waals surface area contributed by atoms with Gasteiger partial charge in [0, 0.05) is 31.0 Å². The van der Waals surface area contributed by atoms with Gasteiger partial charge in [-0.2, -0.15) is 0 Å². The van der Waals surface area contributed by atoms with E-state index in [-0.39, 0.29) is 11.8 Å². The molecule has 0 atom stereocenters. The first-order valence-corrected chi connectivity index (χ1v) is 8.35. The summed E-state index contributed by atoms with van der Waals surface area (Å²) in [6, 6.07) is 13.7. The highest BCUT2D eigenvalue weighted by molar-refractivity contribution is 5.89. The number of carbonyl (C=O) groups excluding carboxylic acids is 1. The minimum Gasteiger partial charge on any atom is -0.371 e. The molecule has 0 aliphatic carbocycles. The van der Waals surface area contributed by atoms with Crippen LogP contribution in [0, 0.1) is 5.82 Å². The van der Waals surface area contributed by atoms with Gasteiger partial charge in [0.1, 0.15) is 5.82 Å². The molecule has 126 valence electrons. The largest absolute Gasteiger partial charge is 0.371 e. The normalized spacial score (nSPS) is 14.3. The summed E-state index contributed by atoms with van der Waals surface area (Å²) in [7, 11) is 0. The summed E-state index contributed by atoms with van der Waals surface area (Å²) in [6.45, 7) is 2.50. The van der Waals surface area contributed by atoms with Crippen molar-refractivity contribution < 1.29 is 9.18 Å². The van der Waals surface area contributed by atoms with E-state index in [1.165, 1.54) is 31.4 Å². The van der Waals surface area contributed by atoms with E-state index in [1.54, 1.807) is 12.1 Å². The Labute approximate surface area is 141 Å². The monoisotopic (exact) mass is 327 g/mol. The average Bonchev–Trinajstić information content (AvgIpc) is 2.62. The fraction of sp³-hybridized carbons (Fsp3) is 0.316. The standard InChI is InChI=1S/C19H22FN3O/c20-16-9-7-15(8-10-16)14-21-19(24)22-17-5-4-6-18(13-17)23-11-2-1-3-12-23/h4-10,13H,1-3,11-12,14H2,(H2,21,22,24). The van der Waals surface area contributed by atoms with Crippen LogP contribution in [0.1, 0.15) is 24.8 Å². The fourth-order valence-electron chi connectivity index (χ4n) is 2.89. The number of nitrogens with one attached hydrogen (secondary N) is 2. The number of hydrogen-bond donors (Lipinski definition) is 2. The Balaban J connectivity index is 1.55. The molecule has 0 radical (unpaired) electrons. The highest BCUT2D eigenvalue weighted by atomic mass is 19.1. The number of urea groups is 1. The van der Waals surface area contributed by atoms with Gasteiger partial charge in [-0.1, -0.05) is 18.2 Å². The zero-order valence-electron chi connectivity index (χ0n) is 13.6. The Morgan fingerprint density at radius 1 is 1.04 bits per heavy atom. The van der Waals surface area contributed by atoms with Crippen LogP contribution in [0.5, 0.6) is 0 Å². The lowest BCUT2D eigenvalue weighted by atomic mass is 10.1. The summed E-state index contributed by atoms with van der Waals surface area (Å²) < 4.78 is 12.9. The van der Waals surface area contributed by atoms with Crippen molar-refractivity contribution in [1.82, 2.24) is 5.32 Å². The molecule has 24 heavy (non-hydrogen) atoms. The van der Waals surface area contributed by atoms with Gasteiger partial charge in [0.15, 0.2) is 0 Å². The second kappa shape index (κ2) is 7.81. The molecule has 2 amide bonds. The maximum atomic E-state index is 12.9. The Morgan fingerprint density at radius 2 is 1.79 bits per heavy atom. The first-order chi connectivity index (χ1) is 11.7. The molecule has 1 heterocycles. The minimum absolute atomic E-state index is 0.268. The second-order valence-corrected chi connectivity index (χ2v) is 6.03. The Kier molecular flexibility index (Phi) is 5.31. The topological polar surface area (TPSA) is 44.4 Å². The number of hydrogen-bond acceptors (Lipinski definition) is 2. The van der Waals surface area contributed by atoms with Crippen molar-refractivity contribution in [2.45, 2.75) is 25.8 Å². The van der Waals surface area contributed by atoms with E-state index < -0.39 is 0 Å². The van der Waals surface area contributed by atoms with Gasteiger partial charge in [-0.25, -0.2) is 9.18 Å². The van der Waals surface area contributed by atoms with E-state index in [0.29, 0.717) is 6.54 Å². The lowest BCUT2D eigenvalue weighted by Crippen LogP contribution is -2.30. The number of nitrogens with zero attached hydrogens (tertiary/aromatic N) is 1. The first kappa shape index (κ1) is 16.3. The van der Waals surface area contributed by atoms with Crippen LogP contribution in [-0.2, 0) is 6.54 Å². The molecule has 5 heteroatoms. The Morgan fingerprint density at radius 3 is 2.54 bits per heavy atom. The number of amides is 2. The van der Waals surface area contributed by atoms with Gasteiger partial charge >= 0.3 is 6.03 Å². The van der Waals surface area contributed by atoms with Crippen LogP contribution in [0.2, 0.25) is 0 Å². The van der Waals surface area contributed by atoms with Crippen LogP contribution >= 0.6 is 0 Å². The minimum atomic E-state index is -0.280. The molecular weight excluding hydrogens is 305 g/mol. The number of benzene rings is 2. The zero-order valence-corrected chi connectivity index (χ0v) is 13.6. The third-order valence-electron chi connectivity index (χ3n) is 4.19. The predicted octanol–water partition coefficient (Wildman–Crippen LogP) is 4.14. The summed E-state index contributed by atoms with van der Waals surface area (Å²) in [5.41, 5.74) is 2.77. The molecular formula is C19H22FN3O. The van der Waals surface area contributed by atoms with Crippen LogP contribution in [0.25, 0.3) is 0 Å². The maximum absolute atomic E-state index is 12.9. The van der Waals surface area contributed by atoms with Crippen molar-refractivity contribution in [3.8, 4) is 0 Å². The van der Waals surface area contributed by atoms with Crippen molar-refractivity contribution in [3.05, 3.63) is 59.9 Å². The van der Waals surface area contributed by atoms with Crippen molar-refractivity contribution in [1.29, 1.82) is 0 Å². The van der Waals surface area contributed by atoms with Crippen molar-refractivity contribution in [2.24, 2.45) is 0 Å². The number of piperidine rings is 1. The summed E-state index contributed by atoms with van der Waals surface area (Å²) in [6.07, 6.45) is 3.73. The van der Waals surface area contributed by atoms with Crippen LogP contribution in [0.4, 0.5) is 20.6 Å². The van der Waals surface area contributed by atoms with Gasteiger partial charge in [-0.3, -0.25) is 0 Å². The molecule has 0 spiro atoms. The van der Waals surface area contributed by atoms with E-state index >= 15 is 0 Å². The first-order valence-electron chi connectivity index (χ1n) is 8.35. The molecule has 2 N–H and O–H groups in total. The molecule has 1 fully saturated rings. The molecule has 0 saturated carbocycles. The van der Waals surface area contributed by atoms with Gasteiger partial charge in [0.2, 0.25) is 0 Å². The van der Waals surface area contributed by atoms with Crippen LogP contribution in [-0.4, -0.2) is 19.1 Å². The van der Waals surface area contributed by atoms with Crippen molar-refractivity contribution >= 4 is 17.4 Å². The molecule has 1 aliphatic rings. The molecule has 0 aromatic heterocycles. The van der Waals surface area contributed by atoms with Crippen LogP contribution in [0.3, 0.4) is 0 Å². The SMILES string of the molecule is O=C(NCc1ccc(F)cc1)Nc1cccc(N2CCCCC2)c1. The summed E-state index contributed by atoms with van der Waals surface area (Å²) in [5, 5.41) is 5.63. The third kappa shape index (κ3) is 4.47. The summed E-state index contributed by atoms with van der Waals surface area (Å²) >= 11 is 0. The lowest BCUT2D eigenvalue weighted by Gasteiger charge is -2.29. The van der Waals surface area contributed by atoms with E-state index in [1.807, 2.05) is 18.2 Å². The van der Waals surface area contributed by atoms with E-state index in [0.717, 1.165) is 30.0 Å². The number of rotatable bonds is 4. The second-order valence-electron chi connectivity index (χ2n) is 6.03. The van der Waals surface area contributed by atoms with Gasteiger partial charge in [-0.15, -0.1) is 0 Å². The number of carbonyl (C=O) groups is 1. The van der Waals surface area contributed by atoms with Gasteiger partial charge in [0.25, 0.3) is 0 Å². The van der Waals surface area contributed by atoms with Gasteiger partial charge in [-0.05, 0) is 55.2 Å². The molecule has 1 aliphatic heterocycles. The smallest absolute Gasteiger partial charge is 0.319 e. The average molecular weight is 327 g/mol.